The van der Waals surface area contributed by atoms with Crippen molar-refractivity contribution in [3.8, 4) is 11.5 Å². The molecule has 0 aliphatic heterocycles. The number of methoxy groups -OCH3 is 1. The van der Waals surface area contributed by atoms with E-state index < -0.39 is 0 Å². The zero-order chi connectivity index (χ0) is 20.2. The number of hydrogen-bond acceptors (Lipinski definition) is 5. The molecule has 0 atom stereocenters. The standard InChI is InChI=1S/C22H16ClFN3O2/c1-28-17-7-8-18-20(11-17)25-13-26-22(18)27-16-6-9-21(19(23)10-16)29-12-14-2-4-15(24)5-3-14/h2-6,8-11,13H,12H2,1H3,(H,25,26,27). The summed E-state index contributed by atoms with van der Waals surface area (Å²) in [5, 5.41) is 4.49. The number of ether oxygens (including phenoxy) is 2. The number of fused-ring (bicyclic) bond motifs is 1. The number of anilines is 2. The summed E-state index contributed by atoms with van der Waals surface area (Å²) in [6, 6.07) is 18.1. The van der Waals surface area contributed by atoms with Crippen LogP contribution < -0.4 is 14.8 Å². The van der Waals surface area contributed by atoms with E-state index in [1.54, 1.807) is 43.5 Å². The highest BCUT2D eigenvalue weighted by atomic mass is 35.5. The first-order valence-electron chi connectivity index (χ1n) is 8.76. The molecule has 1 N–H and O–H groups in total. The van der Waals surface area contributed by atoms with E-state index in [1.807, 2.05) is 6.07 Å². The number of halogens is 2. The van der Waals surface area contributed by atoms with Gasteiger partial charge in [-0.1, -0.05) is 23.7 Å². The lowest BCUT2D eigenvalue weighted by atomic mass is 10.2. The SMILES string of the molecule is COc1[c]cc2c(Nc3ccc(OCc4ccc(F)cc4)c(Cl)c3)ncnc2c1. The van der Waals surface area contributed by atoms with Crippen molar-refractivity contribution in [3.63, 3.8) is 0 Å². The summed E-state index contributed by atoms with van der Waals surface area (Å²) in [4.78, 5) is 8.57. The van der Waals surface area contributed by atoms with E-state index in [9.17, 15) is 4.39 Å². The van der Waals surface area contributed by atoms with E-state index in [1.165, 1.54) is 18.5 Å². The molecule has 0 spiro atoms. The van der Waals surface area contributed by atoms with Crippen LogP contribution in [0.1, 0.15) is 5.56 Å². The van der Waals surface area contributed by atoms with Crippen molar-refractivity contribution in [2.24, 2.45) is 0 Å². The maximum Gasteiger partial charge on any atom is 0.141 e. The Balaban J connectivity index is 1.51. The fourth-order valence-electron chi connectivity index (χ4n) is 2.77. The number of benzene rings is 3. The van der Waals surface area contributed by atoms with Crippen LogP contribution in [0.4, 0.5) is 15.9 Å². The van der Waals surface area contributed by atoms with Gasteiger partial charge in [0.1, 0.15) is 36.1 Å². The summed E-state index contributed by atoms with van der Waals surface area (Å²) in [6.45, 7) is 0.293. The van der Waals surface area contributed by atoms with Crippen molar-refractivity contribution in [3.05, 3.63) is 83.4 Å². The van der Waals surface area contributed by atoms with Crippen LogP contribution in [0, 0.1) is 11.9 Å². The second-order valence-electron chi connectivity index (χ2n) is 6.21. The largest absolute Gasteiger partial charge is 0.496 e. The highest BCUT2D eigenvalue weighted by Crippen LogP contribution is 2.31. The quantitative estimate of drug-likeness (QED) is 0.453. The molecule has 0 aliphatic rings. The molecule has 0 saturated carbocycles. The van der Waals surface area contributed by atoms with Crippen molar-refractivity contribution < 1.29 is 13.9 Å². The van der Waals surface area contributed by atoms with Gasteiger partial charge >= 0.3 is 0 Å². The summed E-state index contributed by atoms with van der Waals surface area (Å²) in [5.41, 5.74) is 2.34. The number of hydrogen-bond donors (Lipinski definition) is 1. The Kier molecular flexibility index (Phi) is 5.44. The van der Waals surface area contributed by atoms with Gasteiger partial charge in [0, 0.05) is 23.2 Å². The minimum Gasteiger partial charge on any atom is -0.496 e. The fourth-order valence-corrected chi connectivity index (χ4v) is 3.00. The van der Waals surface area contributed by atoms with E-state index in [0.717, 1.165) is 22.2 Å². The van der Waals surface area contributed by atoms with Gasteiger partial charge in [-0.15, -0.1) is 0 Å². The molecule has 3 aromatic carbocycles. The Morgan fingerprint density at radius 1 is 1.10 bits per heavy atom. The number of nitrogens with one attached hydrogen (secondary N) is 1. The molecular weight excluding hydrogens is 393 g/mol. The van der Waals surface area contributed by atoms with Crippen molar-refractivity contribution in [2.45, 2.75) is 6.61 Å². The molecule has 0 saturated heterocycles. The first kappa shape index (κ1) is 19.0. The topological polar surface area (TPSA) is 56.3 Å². The molecule has 0 amide bonds. The van der Waals surface area contributed by atoms with Crippen LogP contribution >= 0.6 is 11.6 Å². The zero-order valence-corrected chi connectivity index (χ0v) is 16.2. The molecule has 1 radical (unpaired) electrons. The minimum atomic E-state index is -0.282. The zero-order valence-electron chi connectivity index (χ0n) is 15.4. The lowest BCUT2D eigenvalue weighted by Crippen LogP contribution is -1.98. The minimum absolute atomic E-state index is 0.282. The molecule has 0 fully saturated rings. The molecule has 4 rings (SSSR count). The lowest BCUT2D eigenvalue weighted by molar-refractivity contribution is 0.306. The summed E-state index contributed by atoms with van der Waals surface area (Å²) in [6.07, 6.45) is 1.48. The van der Waals surface area contributed by atoms with Gasteiger partial charge in [0.2, 0.25) is 0 Å². The smallest absolute Gasteiger partial charge is 0.141 e. The van der Waals surface area contributed by atoms with Crippen LogP contribution in [-0.2, 0) is 6.61 Å². The highest BCUT2D eigenvalue weighted by Gasteiger charge is 2.08. The van der Waals surface area contributed by atoms with E-state index >= 15 is 0 Å². The normalized spacial score (nSPS) is 10.7. The molecule has 4 aromatic rings. The number of aromatic nitrogens is 2. The average molecular weight is 409 g/mol. The maximum atomic E-state index is 13.0. The Labute approximate surface area is 172 Å². The van der Waals surface area contributed by atoms with Gasteiger partial charge in [-0.25, -0.2) is 14.4 Å². The summed E-state index contributed by atoms with van der Waals surface area (Å²) < 4.78 is 23.9. The summed E-state index contributed by atoms with van der Waals surface area (Å²) >= 11 is 6.36. The summed E-state index contributed by atoms with van der Waals surface area (Å²) in [7, 11) is 1.58. The van der Waals surface area contributed by atoms with Crippen molar-refractivity contribution >= 4 is 34.0 Å². The van der Waals surface area contributed by atoms with Crippen LogP contribution in [0.3, 0.4) is 0 Å². The molecule has 0 aliphatic carbocycles. The molecule has 1 heterocycles. The maximum absolute atomic E-state index is 13.0. The van der Waals surface area contributed by atoms with E-state index in [4.69, 9.17) is 21.1 Å². The fraction of sp³-hybridized carbons (Fsp3) is 0.0909. The Hall–Kier alpha value is -3.38. The van der Waals surface area contributed by atoms with Gasteiger partial charge in [0.05, 0.1) is 17.6 Å². The molecule has 7 heteroatoms. The van der Waals surface area contributed by atoms with E-state index in [0.29, 0.717) is 28.9 Å². The first-order valence-corrected chi connectivity index (χ1v) is 9.14. The van der Waals surface area contributed by atoms with Gasteiger partial charge < -0.3 is 14.8 Å². The predicted molar refractivity (Wildman–Crippen MR) is 110 cm³/mol. The Bertz CT molecular complexity index is 1150. The van der Waals surface area contributed by atoms with E-state index in [-0.39, 0.29) is 5.82 Å². The monoisotopic (exact) mass is 408 g/mol. The van der Waals surface area contributed by atoms with Gasteiger partial charge in [-0.3, -0.25) is 0 Å². The van der Waals surface area contributed by atoms with E-state index in [2.05, 4.69) is 21.4 Å². The first-order chi connectivity index (χ1) is 14.1. The third kappa shape index (κ3) is 4.38. The molecule has 145 valence electrons. The number of rotatable bonds is 6. The van der Waals surface area contributed by atoms with Crippen molar-refractivity contribution in [2.75, 3.05) is 12.4 Å². The summed E-state index contributed by atoms with van der Waals surface area (Å²) in [5.74, 6) is 1.49. The predicted octanol–water partition coefficient (Wildman–Crippen LogP) is 5.55. The Morgan fingerprint density at radius 3 is 2.69 bits per heavy atom. The van der Waals surface area contributed by atoms with Crippen LogP contribution in [-0.4, -0.2) is 17.1 Å². The third-order valence-corrected chi connectivity index (χ3v) is 4.56. The Morgan fingerprint density at radius 2 is 1.93 bits per heavy atom. The van der Waals surface area contributed by atoms with Crippen molar-refractivity contribution in [1.82, 2.24) is 9.97 Å². The molecule has 5 nitrogen and oxygen atoms in total. The molecule has 0 bridgehead atoms. The average Bonchev–Trinajstić information content (AvgIpc) is 2.74. The lowest BCUT2D eigenvalue weighted by Gasteiger charge is -2.12. The van der Waals surface area contributed by atoms with Gasteiger partial charge in [-0.05, 0) is 42.0 Å². The highest BCUT2D eigenvalue weighted by molar-refractivity contribution is 6.32. The van der Waals surface area contributed by atoms with Gasteiger partial charge in [-0.2, -0.15) is 0 Å². The second-order valence-corrected chi connectivity index (χ2v) is 6.62. The van der Waals surface area contributed by atoms with Gasteiger partial charge in [0.25, 0.3) is 0 Å². The molecule has 1 aromatic heterocycles. The molecular formula is C22H16ClFN3O2. The van der Waals surface area contributed by atoms with Crippen LogP contribution in [0.2, 0.25) is 5.02 Å². The van der Waals surface area contributed by atoms with Crippen molar-refractivity contribution in [1.29, 1.82) is 0 Å². The van der Waals surface area contributed by atoms with Gasteiger partial charge in [0.15, 0.2) is 0 Å². The molecule has 0 unspecified atom stereocenters. The number of nitrogens with zero attached hydrogens (tertiary/aromatic N) is 2. The third-order valence-electron chi connectivity index (χ3n) is 4.26. The molecule has 29 heavy (non-hydrogen) atoms. The second kappa shape index (κ2) is 8.32. The van der Waals surface area contributed by atoms with Crippen LogP contribution in [0.25, 0.3) is 10.9 Å². The van der Waals surface area contributed by atoms with Crippen LogP contribution in [0.15, 0.2) is 60.9 Å². The van der Waals surface area contributed by atoms with Crippen LogP contribution in [0.5, 0.6) is 11.5 Å².